The van der Waals surface area contributed by atoms with Crippen LogP contribution in [0, 0.1) is 0 Å². The van der Waals surface area contributed by atoms with Gasteiger partial charge in [-0.25, -0.2) is 4.98 Å². The van der Waals surface area contributed by atoms with Crippen LogP contribution in [0.3, 0.4) is 0 Å². The van der Waals surface area contributed by atoms with Crippen LogP contribution in [-0.2, 0) is 19.4 Å². The predicted molar refractivity (Wildman–Crippen MR) is 125 cm³/mol. The zero-order valence-corrected chi connectivity index (χ0v) is 20.3. The number of rotatable bonds is 5. The minimum absolute atomic E-state index is 0. The summed E-state index contributed by atoms with van der Waals surface area (Å²) in [4.78, 5) is 15.5. The molecule has 2 aliphatic rings. The number of hydrogen-bond acceptors (Lipinski definition) is 5. The molecule has 1 N–H and O–H groups in total. The van der Waals surface area contributed by atoms with E-state index in [4.69, 9.17) is 4.98 Å². The molecule has 1 aromatic rings. The Morgan fingerprint density at radius 3 is 2.65 bits per heavy atom. The van der Waals surface area contributed by atoms with Gasteiger partial charge in [0.1, 0.15) is 5.01 Å². The highest BCUT2D eigenvalue weighted by Crippen LogP contribution is 2.31. The maximum absolute atomic E-state index is 4.87. The van der Waals surface area contributed by atoms with E-state index in [1.807, 2.05) is 18.4 Å². The zero-order valence-electron chi connectivity index (χ0n) is 16.4. The van der Waals surface area contributed by atoms with E-state index in [0.29, 0.717) is 0 Å². The van der Waals surface area contributed by atoms with Crippen molar-refractivity contribution in [3.8, 4) is 0 Å². The molecule has 1 fully saturated rings. The smallest absolute Gasteiger partial charge is 0.193 e. The molecule has 0 radical (unpaired) electrons. The number of nitrogens with one attached hydrogen (secondary N) is 1. The number of fused-ring (bicyclic) bond motifs is 1. The molecule has 0 bridgehead atoms. The molecule has 3 rings (SSSR count). The Balaban J connectivity index is 0.00000243. The van der Waals surface area contributed by atoms with Crippen LogP contribution in [0.15, 0.2) is 4.99 Å². The van der Waals surface area contributed by atoms with E-state index in [0.717, 1.165) is 25.5 Å². The zero-order chi connectivity index (χ0) is 17.9. The van der Waals surface area contributed by atoms with E-state index < -0.39 is 0 Å². The predicted octanol–water partition coefficient (Wildman–Crippen LogP) is 3.08. The van der Waals surface area contributed by atoms with Crippen molar-refractivity contribution in [1.29, 1.82) is 0 Å². The number of halogens is 1. The molecule has 5 nitrogen and oxygen atoms in total. The number of thiazole rings is 1. The summed E-state index contributed by atoms with van der Waals surface area (Å²) in [7, 11) is 8.37. The summed E-state index contributed by atoms with van der Waals surface area (Å²) in [5.41, 5.74) is 1.58. The first kappa shape index (κ1) is 22.2. The van der Waals surface area contributed by atoms with Gasteiger partial charge in [-0.05, 0) is 52.0 Å². The first-order valence-electron chi connectivity index (χ1n) is 9.18. The van der Waals surface area contributed by atoms with Crippen molar-refractivity contribution in [1.82, 2.24) is 20.1 Å². The second-order valence-corrected chi connectivity index (χ2v) is 9.64. The lowest BCUT2D eigenvalue weighted by atomic mass is 9.97. The van der Waals surface area contributed by atoms with Gasteiger partial charge >= 0.3 is 0 Å². The molecule has 0 amide bonds. The fourth-order valence-electron chi connectivity index (χ4n) is 3.63. The molecule has 0 spiro atoms. The van der Waals surface area contributed by atoms with Crippen LogP contribution in [0.4, 0.5) is 0 Å². The van der Waals surface area contributed by atoms with Crippen molar-refractivity contribution in [2.45, 2.75) is 44.2 Å². The fourth-order valence-corrected chi connectivity index (χ4v) is 6.39. The molecular formula is C18H32IN5S2. The second kappa shape index (κ2) is 9.93. The Hall–Kier alpha value is -0.0600. The molecule has 2 heterocycles. The summed E-state index contributed by atoms with van der Waals surface area (Å²) in [6.45, 7) is 1.78. The summed E-state index contributed by atoms with van der Waals surface area (Å²) in [5.74, 6) is 3.40. The molecule has 1 aliphatic heterocycles. The van der Waals surface area contributed by atoms with E-state index in [-0.39, 0.29) is 29.5 Å². The second-order valence-electron chi connectivity index (χ2n) is 7.36. The van der Waals surface area contributed by atoms with Crippen LogP contribution in [0.1, 0.15) is 34.8 Å². The van der Waals surface area contributed by atoms with Crippen molar-refractivity contribution in [3.05, 3.63) is 15.6 Å². The van der Waals surface area contributed by atoms with E-state index in [1.165, 1.54) is 52.8 Å². The number of nitrogens with zero attached hydrogens (tertiary/aromatic N) is 4. The highest BCUT2D eigenvalue weighted by molar-refractivity contribution is 14.0. The van der Waals surface area contributed by atoms with Crippen LogP contribution in [0.2, 0.25) is 0 Å². The molecule has 8 heteroatoms. The molecular weight excluding hydrogens is 477 g/mol. The topological polar surface area (TPSA) is 43.8 Å². The Labute approximate surface area is 183 Å². The van der Waals surface area contributed by atoms with Crippen LogP contribution in [0.5, 0.6) is 0 Å². The van der Waals surface area contributed by atoms with Gasteiger partial charge in [0, 0.05) is 36.8 Å². The SMILES string of the molecule is CN=C(NCC1(N(C)C)CCSC1)N(C)Cc1nc2c(s1)CCCC2.I. The van der Waals surface area contributed by atoms with Crippen molar-refractivity contribution in [2.24, 2.45) is 4.99 Å². The lowest BCUT2D eigenvalue weighted by Gasteiger charge is -2.37. The third-order valence-corrected chi connectivity index (χ3v) is 7.82. The maximum Gasteiger partial charge on any atom is 0.193 e. The lowest BCUT2D eigenvalue weighted by molar-refractivity contribution is 0.181. The number of aryl methyl sites for hydroxylation is 2. The monoisotopic (exact) mass is 509 g/mol. The number of likely N-dealkylation sites (N-methyl/N-ethyl adjacent to an activating group) is 1. The summed E-state index contributed by atoms with van der Waals surface area (Å²) >= 11 is 3.94. The standard InChI is InChI=1S/C18H31N5S2.HI/c1-19-17(20-12-18(22(2)3)9-10-24-13-18)23(4)11-16-21-14-7-5-6-8-15(14)25-16;/h5-13H2,1-4H3,(H,19,20);1H. The van der Waals surface area contributed by atoms with Gasteiger partial charge in [-0.3, -0.25) is 4.99 Å². The molecule has 0 saturated carbocycles. The van der Waals surface area contributed by atoms with E-state index in [1.54, 1.807) is 0 Å². The Kier molecular flexibility index (Phi) is 8.49. The van der Waals surface area contributed by atoms with Gasteiger partial charge in [-0.2, -0.15) is 11.8 Å². The first-order chi connectivity index (χ1) is 12.0. The average molecular weight is 510 g/mol. The van der Waals surface area contributed by atoms with Gasteiger partial charge < -0.3 is 15.1 Å². The largest absolute Gasteiger partial charge is 0.354 e. The Bertz CT molecular complexity index is 587. The summed E-state index contributed by atoms with van der Waals surface area (Å²) in [6, 6.07) is 0. The van der Waals surface area contributed by atoms with Gasteiger partial charge in [-0.1, -0.05) is 0 Å². The van der Waals surface area contributed by atoms with Gasteiger partial charge in [0.15, 0.2) is 5.96 Å². The maximum atomic E-state index is 4.87. The third kappa shape index (κ3) is 5.05. The fraction of sp³-hybridized carbons (Fsp3) is 0.778. The van der Waals surface area contributed by atoms with Crippen LogP contribution in [0.25, 0.3) is 0 Å². The normalized spacial score (nSPS) is 22.9. The van der Waals surface area contributed by atoms with Crippen molar-refractivity contribution < 1.29 is 0 Å². The van der Waals surface area contributed by atoms with Gasteiger partial charge in [-0.15, -0.1) is 35.3 Å². The van der Waals surface area contributed by atoms with Crippen LogP contribution < -0.4 is 5.32 Å². The summed E-state index contributed by atoms with van der Waals surface area (Å²) in [5, 5.41) is 4.83. The van der Waals surface area contributed by atoms with Crippen molar-refractivity contribution in [3.63, 3.8) is 0 Å². The van der Waals surface area contributed by atoms with Gasteiger partial charge in [0.25, 0.3) is 0 Å². The Morgan fingerprint density at radius 2 is 2.04 bits per heavy atom. The number of hydrogen-bond donors (Lipinski definition) is 1. The molecule has 1 aromatic heterocycles. The van der Waals surface area contributed by atoms with Gasteiger partial charge in [0.05, 0.1) is 12.2 Å². The average Bonchev–Trinajstić information content (AvgIpc) is 3.22. The first-order valence-corrected chi connectivity index (χ1v) is 11.2. The highest BCUT2D eigenvalue weighted by atomic mass is 127. The third-order valence-electron chi connectivity index (χ3n) is 5.44. The molecule has 0 aromatic carbocycles. The molecule has 1 unspecified atom stereocenters. The van der Waals surface area contributed by atoms with E-state index in [9.17, 15) is 0 Å². The molecule has 1 saturated heterocycles. The van der Waals surface area contributed by atoms with E-state index in [2.05, 4.69) is 53.0 Å². The molecule has 1 aliphatic carbocycles. The number of aromatic nitrogens is 1. The van der Waals surface area contributed by atoms with Crippen LogP contribution >= 0.6 is 47.1 Å². The lowest BCUT2D eigenvalue weighted by Crippen LogP contribution is -2.54. The molecule has 148 valence electrons. The number of aliphatic imine (C=N–C) groups is 1. The number of guanidine groups is 1. The van der Waals surface area contributed by atoms with Crippen molar-refractivity contribution in [2.75, 3.05) is 46.2 Å². The Morgan fingerprint density at radius 1 is 1.27 bits per heavy atom. The quantitative estimate of drug-likeness (QED) is 0.376. The highest BCUT2D eigenvalue weighted by Gasteiger charge is 2.36. The molecule has 26 heavy (non-hydrogen) atoms. The summed E-state index contributed by atoms with van der Waals surface area (Å²) in [6.07, 6.45) is 6.22. The van der Waals surface area contributed by atoms with E-state index >= 15 is 0 Å². The van der Waals surface area contributed by atoms with Crippen molar-refractivity contribution >= 4 is 53.0 Å². The summed E-state index contributed by atoms with van der Waals surface area (Å²) < 4.78 is 0. The minimum atomic E-state index is 0. The molecule has 1 atom stereocenters. The van der Waals surface area contributed by atoms with Crippen LogP contribution in [-0.4, -0.2) is 72.5 Å². The number of thioether (sulfide) groups is 1. The minimum Gasteiger partial charge on any atom is -0.354 e. The van der Waals surface area contributed by atoms with Gasteiger partial charge in [0.2, 0.25) is 0 Å².